The standard InChI is InChI=1S/C29H30N4O2/c1-21-8-10-23(11-9-21)20-32-16-5-17-33(19-18-32)29(34)25-14-12-24(13-15-25)27-30-31-28(35-27)26-7-4-3-6-22(26)2/h3-4,6-15H,5,16-20H2,1-2H3. The van der Waals surface area contributed by atoms with Crippen LogP contribution in [0.5, 0.6) is 0 Å². The van der Waals surface area contributed by atoms with Gasteiger partial charge in [-0.2, -0.15) is 0 Å². The maximum Gasteiger partial charge on any atom is 0.253 e. The van der Waals surface area contributed by atoms with Crippen LogP contribution in [0.1, 0.15) is 33.5 Å². The average Bonchev–Trinajstić information content (AvgIpc) is 3.25. The Morgan fingerprint density at radius 2 is 1.57 bits per heavy atom. The van der Waals surface area contributed by atoms with Crippen molar-refractivity contribution in [3.05, 3.63) is 95.1 Å². The molecule has 178 valence electrons. The summed E-state index contributed by atoms with van der Waals surface area (Å²) in [5.41, 5.74) is 6.08. The van der Waals surface area contributed by atoms with Gasteiger partial charge in [-0.1, -0.05) is 48.0 Å². The van der Waals surface area contributed by atoms with Crippen LogP contribution in [0.3, 0.4) is 0 Å². The van der Waals surface area contributed by atoms with Crippen molar-refractivity contribution in [1.82, 2.24) is 20.0 Å². The average molecular weight is 467 g/mol. The van der Waals surface area contributed by atoms with E-state index in [9.17, 15) is 4.79 Å². The van der Waals surface area contributed by atoms with E-state index in [0.717, 1.165) is 55.8 Å². The zero-order chi connectivity index (χ0) is 24.2. The van der Waals surface area contributed by atoms with Crippen molar-refractivity contribution < 1.29 is 9.21 Å². The van der Waals surface area contributed by atoms with E-state index >= 15 is 0 Å². The molecular weight excluding hydrogens is 436 g/mol. The first-order chi connectivity index (χ1) is 17.1. The van der Waals surface area contributed by atoms with Gasteiger partial charge in [0, 0.05) is 49.4 Å². The van der Waals surface area contributed by atoms with E-state index in [4.69, 9.17) is 4.42 Å². The van der Waals surface area contributed by atoms with Crippen molar-refractivity contribution in [1.29, 1.82) is 0 Å². The first-order valence-electron chi connectivity index (χ1n) is 12.1. The van der Waals surface area contributed by atoms with Gasteiger partial charge in [-0.05, 0) is 61.7 Å². The highest BCUT2D eigenvalue weighted by Gasteiger charge is 2.21. The molecule has 4 aromatic rings. The third-order valence-electron chi connectivity index (χ3n) is 6.58. The molecule has 1 fully saturated rings. The maximum absolute atomic E-state index is 13.2. The number of carbonyl (C=O) groups is 1. The molecule has 0 bridgehead atoms. The number of aromatic nitrogens is 2. The number of hydrogen-bond donors (Lipinski definition) is 0. The van der Waals surface area contributed by atoms with Gasteiger partial charge >= 0.3 is 0 Å². The Balaban J connectivity index is 1.22. The third-order valence-corrected chi connectivity index (χ3v) is 6.58. The number of carbonyl (C=O) groups excluding carboxylic acids is 1. The lowest BCUT2D eigenvalue weighted by Crippen LogP contribution is -2.35. The molecule has 0 radical (unpaired) electrons. The van der Waals surface area contributed by atoms with Gasteiger partial charge in [-0.15, -0.1) is 10.2 Å². The molecule has 5 rings (SSSR count). The zero-order valence-corrected chi connectivity index (χ0v) is 20.3. The van der Waals surface area contributed by atoms with Gasteiger partial charge in [0.1, 0.15) is 0 Å². The van der Waals surface area contributed by atoms with Crippen molar-refractivity contribution in [3.63, 3.8) is 0 Å². The molecule has 1 aliphatic heterocycles. The number of hydrogen-bond acceptors (Lipinski definition) is 5. The van der Waals surface area contributed by atoms with Crippen LogP contribution < -0.4 is 0 Å². The summed E-state index contributed by atoms with van der Waals surface area (Å²) in [4.78, 5) is 17.6. The normalized spacial score (nSPS) is 14.6. The molecule has 6 heteroatoms. The van der Waals surface area contributed by atoms with Crippen LogP contribution in [0.2, 0.25) is 0 Å². The van der Waals surface area contributed by atoms with E-state index in [1.165, 1.54) is 11.1 Å². The van der Waals surface area contributed by atoms with Gasteiger partial charge in [0.15, 0.2) is 0 Å². The van der Waals surface area contributed by atoms with E-state index in [-0.39, 0.29) is 5.91 Å². The minimum atomic E-state index is 0.0693. The number of rotatable bonds is 5. The minimum Gasteiger partial charge on any atom is -0.416 e. The molecule has 2 heterocycles. The first kappa shape index (κ1) is 23.0. The Kier molecular flexibility index (Phi) is 6.73. The molecule has 0 aliphatic carbocycles. The first-order valence-corrected chi connectivity index (χ1v) is 12.1. The summed E-state index contributed by atoms with van der Waals surface area (Å²) >= 11 is 0. The fourth-order valence-corrected chi connectivity index (χ4v) is 4.48. The highest BCUT2D eigenvalue weighted by molar-refractivity contribution is 5.94. The minimum absolute atomic E-state index is 0.0693. The molecule has 6 nitrogen and oxygen atoms in total. The summed E-state index contributed by atoms with van der Waals surface area (Å²) < 4.78 is 5.91. The summed E-state index contributed by atoms with van der Waals surface area (Å²) in [5.74, 6) is 1.02. The predicted octanol–water partition coefficient (Wildman–Crippen LogP) is 5.37. The summed E-state index contributed by atoms with van der Waals surface area (Å²) in [6, 6.07) is 24.1. The Labute approximate surface area is 206 Å². The van der Waals surface area contributed by atoms with E-state index in [2.05, 4.69) is 46.3 Å². The van der Waals surface area contributed by atoms with E-state index in [1.807, 2.05) is 60.4 Å². The van der Waals surface area contributed by atoms with Crippen molar-refractivity contribution >= 4 is 5.91 Å². The van der Waals surface area contributed by atoms with E-state index in [0.29, 0.717) is 17.3 Å². The SMILES string of the molecule is Cc1ccc(CN2CCCN(C(=O)c3ccc(-c4nnc(-c5ccccc5C)o4)cc3)CC2)cc1. The van der Waals surface area contributed by atoms with Gasteiger partial charge in [-0.3, -0.25) is 9.69 Å². The van der Waals surface area contributed by atoms with Crippen LogP contribution in [0.15, 0.2) is 77.2 Å². The Morgan fingerprint density at radius 3 is 2.34 bits per heavy atom. The molecule has 1 aromatic heterocycles. The number of aryl methyl sites for hydroxylation is 2. The molecule has 0 atom stereocenters. The fraction of sp³-hybridized carbons (Fsp3) is 0.276. The van der Waals surface area contributed by atoms with E-state index in [1.54, 1.807) is 0 Å². The molecule has 1 aliphatic rings. The van der Waals surface area contributed by atoms with Gasteiger partial charge in [0.2, 0.25) is 11.8 Å². The van der Waals surface area contributed by atoms with Gasteiger partial charge in [0.25, 0.3) is 5.91 Å². The van der Waals surface area contributed by atoms with Crippen molar-refractivity contribution in [2.24, 2.45) is 0 Å². The lowest BCUT2D eigenvalue weighted by molar-refractivity contribution is 0.0761. The van der Waals surface area contributed by atoms with Crippen LogP contribution in [0, 0.1) is 13.8 Å². The Morgan fingerprint density at radius 1 is 0.829 bits per heavy atom. The summed E-state index contributed by atoms with van der Waals surface area (Å²) in [7, 11) is 0. The van der Waals surface area contributed by atoms with Crippen molar-refractivity contribution in [2.75, 3.05) is 26.2 Å². The van der Waals surface area contributed by atoms with Crippen LogP contribution in [-0.2, 0) is 6.54 Å². The van der Waals surface area contributed by atoms with Crippen LogP contribution in [0.4, 0.5) is 0 Å². The van der Waals surface area contributed by atoms with Crippen LogP contribution >= 0.6 is 0 Å². The Hall–Kier alpha value is -3.77. The molecule has 3 aromatic carbocycles. The molecule has 0 N–H and O–H groups in total. The number of amides is 1. The zero-order valence-electron chi connectivity index (χ0n) is 20.3. The molecule has 35 heavy (non-hydrogen) atoms. The second kappa shape index (κ2) is 10.2. The number of benzene rings is 3. The largest absolute Gasteiger partial charge is 0.416 e. The summed E-state index contributed by atoms with van der Waals surface area (Å²) in [6.45, 7) is 8.43. The highest BCUT2D eigenvalue weighted by Crippen LogP contribution is 2.26. The molecule has 1 amide bonds. The van der Waals surface area contributed by atoms with Gasteiger partial charge in [-0.25, -0.2) is 0 Å². The number of nitrogens with zero attached hydrogens (tertiary/aromatic N) is 4. The monoisotopic (exact) mass is 466 g/mol. The Bertz CT molecular complexity index is 1300. The topological polar surface area (TPSA) is 62.5 Å². The van der Waals surface area contributed by atoms with Gasteiger partial charge in [0.05, 0.1) is 0 Å². The maximum atomic E-state index is 13.2. The second-order valence-electron chi connectivity index (χ2n) is 9.21. The lowest BCUT2D eigenvalue weighted by atomic mass is 10.1. The summed E-state index contributed by atoms with van der Waals surface area (Å²) in [6.07, 6.45) is 0.972. The summed E-state index contributed by atoms with van der Waals surface area (Å²) in [5, 5.41) is 8.42. The third kappa shape index (κ3) is 5.33. The molecular formula is C29H30N4O2. The predicted molar refractivity (Wildman–Crippen MR) is 137 cm³/mol. The molecule has 1 saturated heterocycles. The lowest BCUT2D eigenvalue weighted by Gasteiger charge is -2.22. The quantitative estimate of drug-likeness (QED) is 0.396. The highest BCUT2D eigenvalue weighted by atomic mass is 16.4. The molecule has 0 saturated carbocycles. The van der Waals surface area contributed by atoms with E-state index < -0.39 is 0 Å². The van der Waals surface area contributed by atoms with Crippen molar-refractivity contribution in [3.8, 4) is 22.9 Å². The van der Waals surface area contributed by atoms with Crippen LogP contribution in [0.25, 0.3) is 22.9 Å². The second-order valence-corrected chi connectivity index (χ2v) is 9.21. The van der Waals surface area contributed by atoms with Crippen LogP contribution in [-0.4, -0.2) is 52.1 Å². The smallest absolute Gasteiger partial charge is 0.253 e. The van der Waals surface area contributed by atoms with Gasteiger partial charge < -0.3 is 9.32 Å². The molecule has 0 spiro atoms. The van der Waals surface area contributed by atoms with Crippen molar-refractivity contribution in [2.45, 2.75) is 26.8 Å². The molecule has 0 unspecified atom stereocenters. The fourth-order valence-electron chi connectivity index (χ4n) is 4.48.